The maximum atomic E-state index is 12.8. The number of benzene rings is 1. The smallest absolute Gasteiger partial charge is 0.338 e. The normalized spacial score (nSPS) is 17.6. The molecule has 0 aliphatic carbocycles. The number of sulfonamides is 1. The Morgan fingerprint density at radius 1 is 1.13 bits per heavy atom. The van der Waals surface area contributed by atoms with E-state index in [4.69, 9.17) is 4.74 Å². The Kier molecular flexibility index (Phi) is 7.68. The molecule has 2 aliphatic heterocycles. The van der Waals surface area contributed by atoms with Crippen LogP contribution in [0.15, 0.2) is 29.2 Å². The predicted octanol–water partition coefficient (Wildman–Crippen LogP) is 0.830. The Bertz CT molecular complexity index is 958. The van der Waals surface area contributed by atoms with Crippen LogP contribution in [0.5, 0.6) is 0 Å². The fraction of sp³-hybridized carbons (Fsp3) is 0.474. The van der Waals surface area contributed by atoms with Gasteiger partial charge in [0, 0.05) is 26.2 Å². The van der Waals surface area contributed by atoms with Gasteiger partial charge in [0.1, 0.15) is 0 Å². The summed E-state index contributed by atoms with van der Waals surface area (Å²) in [5, 5.41) is 2.11. The summed E-state index contributed by atoms with van der Waals surface area (Å²) < 4.78 is 31.9. The van der Waals surface area contributed by atoms with Crippen molar-refractivity contribution in [2.24, 2.45) is 0 Å². The second-order valence-electron chi connectivity index (χ2n) is 7.02. The van der Waals surface area contributed by atoms with Gasteiger partial charge in [-0.1, -0.05) is 24.2 Å². The number of carbonyl (C=O) groups excluding carboxylic acids is 4. The van der Waals surface area contributed by atoms with Crippen molar-refractivity contribution >= 4 is 44.8 Å². The molecule has 1 aromatic rings. The van der Waals surface area contributed by atoms with Crippen LogP contribution in [0.25, 0.3) is 0 Å². The van der Waals surface area contributed by atoms with Crippen molar-refractivity contribution in [1.29, 1.82) is 0 Å². The van der Waals surface area contributed by atoms with Crippen LogP contribution in [-0.4, -0.2) is 79.2 Å². The van der Waals surface area contributed by atoms with Gasteiger partial charge in [-0.2, -0.15) is 4.31 Å². The second-order valence-corrected chi connectivity index (χ2v) is 9.88. The van der Waals surface area contributed by atoms with Gasteiger partial charge in [-0.05, 0) is 31.0 Å². The molecule has 0 saturated carbocycles. The quantitative estimate of drug-likeness (QED) is 0.554. The third-order valence-electron chi connectivity index (χ3n) is 4.86. The largest absolute Gasteiger partial charge is 0.452 e. The van der Waals surface area contributed by atoms with E-state index in [9.17, 15) is 27.6 Å². The molecule has 1 N–H and O–H groups in total. The van der Waals surface area contributed by atoms with Crippen molar-refractivity contribution in [2.45, 2.75) is 24.2 Å². The number of piperidine rings is 1. The van der Waals surface area contributed by atoms with Crippen molar-refractivity contribution in [3.05, 3.63) is 29.8 Å². The van der Waals surface area contributed by atoms with E-state index in [-0.39, 0.29) is 40.4 Å². The molecule has 2 saturated heterocycles. The third kappa shape index (κ3) is 5.83. The van der Waals surface area contributed by atoms with Gasteiger partial charge < -0.3 is 10.1 Å². The Labute approximate surface area is 184 Å². The first-order valence-electron chi connectivity index (χ1n) is 9.80. The Hall–Kier alpha value is -2.44. The molecule has 1 aromatic carbocycles. The van der Waals surface area contributed by atoms with Crippen LogP contribution in [-0.2, 0) is 24.3 Å². The van der Waals surface area contributed by atoms with Crippen LogP contribution < -0.4 is 5.32 Å². The fourth-order valence-corrected chi connectivity index (χ4v) is 5.52. The number of thioether (sulfide) groups is 1. The minimum atomic E-state index is -3.69. The van der Waals surface area contributed by atoms with Gasteiger partial charge in [0.15, 0.2) is 6.61 Å². The highest BCUT2D eigenvalue weighted by atomic mass is 32.2. The average molecular weight is 470 g/mol. The van der Waals surface area contributed by atoms with Crippen molar-refractivity contribution in [2.75, 3.05) is 38.5 Å². The maximum Gasteiger partial charge on any atom is 0.338 e. The van der Waals surface area contributed by atoms with Gasteiger partial charge in [0.25, 0.3) is 11.1 Å². The number of amides is 3. The number of carbonyl (C=O) groups is 4. The summed E-state index contributed by atoms with van der Waals surface area (Å²) in [4.78, 5) is 48.1. The van der Waals surface area contributed by atoms with Crippen molar-refractivity contribution < 1.29 is 32.3 Å². The summed E-state index contributed by atoms with van der Waals surface area (Å²) in [5.74, 6) is -1.64. The zero-order valence-electron chi connectivity index (χ0n) is 16.7. The summed E-state index contributed by atoms with van der Waals surface area (Å²) in [7, 11) is -3.69. The molecule has 31 heavy (non-hydrogen) atoms. The van der Waals surface area contributed by atoms with E-state index < -0.39 is 28.5 Å². The van der Waals surface area contributed by atoms with Gasteiger partial charge in [-0.3, -0.25) is 19.3 Å². The molecule has 0 bridgehead atoms. The van der Waals surface area contributed by atoms with Crippen molar-refractivity contribution in [1.82, 2.24) is 14.5 Å². The van der Waals surface area contributed by atoms with Gasteiger partial charge in [-0.25, -0.2) is 13.2 Å². The Balaban J connectivity index is 1.50. The molecule has 2 fully saturated rings. The number of nitrogens with one attached hydrogen (secondary N) is 1. The summed E-state index contributed by atoms with van der Waals surface area (Å²) in [5.41, 5.74) is 0.0242. The Morgan fingerprint density at radius 2 is 1.87 bits per heavy atom. The molecule has 168 valence electrons. The molecule has 3 amide bonds. The van der Waals surface area contributed by atoms with Gasteiger partial charge in [-0.15, -0.1) is 0 Å². The molecular weight excluding hydrogens is 446 g/mol. The molecule has 0 atom stereocenters. The summed E-state index contributed by atoms with van der Waals surface area (Å²) >= 11 is 0.905. The lowest BCUT2D eigenvalue weighted by molar-refractivity contribution is -0.126. The number of hydrogen-bond donors (Lipinski definition) is 1. The molecule has 0 aromatic heterocycles. The van der Waals surface area contributed by atoms with Crippen LogP contribution in [0, 0.1) is 0 Å². The van der Waals surface area contributed by atoms with Gasteiger partial charge >= 0.3 is 5.97 Å². The van der Waals surface area contributed by atoms with Crippen LogP contribution in [0.1, 0.15) is 29.6 Å². The average Bonchev–Trinajstić information content (AvgIpc) is 3.10. The molecule has 0 unspecified atom stereocenters. The highest BCUT2D eigenvalue weighted by molar-refractivity contribution is 8.14. The molecule has 0 spiro atoms. The SMILES string of the molecule is O=C(COC(=O)c1cccc(S(=O)(=O)N2CCCCC2)c1)NCCN1C(=O)CSC1=O. The standard InChI is InChI=1S/C19H23N3O7S2/c23-16(20-7-10-22-17(24)13-30-19(22)26)12-29-18(25)14-5-4-6-15(11-14)31(27,28)21-8-2-1-3-9-21/h4-6,11H,1-3,7-10,12-13H2,(H,20,23). The lowest BCUT2D eigenvalue weighted by atomic mass is 10.2. The molecule has 2 aliphatic rings. The van der Waals surface area contributed by atoms with Crippen LogP contribution in [0.4, 0.5) is 4.79 Å². The van der Waals surface area contributed by atoms with E-state index in [1.165, 1.54) is 28.6 Å². The van der Waals surface area contributed by atoms with Crippen LogP contribution >= 0.6 is 11.8 Å². The highest BCUT2D eigenvalue weighted by Crippen LogP contribution is 2.21. The first-order chi connectivity index (χ1) is 14.8. The van der Waals surface area contributed by atoms with E-state index in [1.54, 1.807) is 0 Å². The number of nitrogens with zero attached hydrogens (tertiary/aromatic N) is 2. The van der Waals surface area contributed by atoms with E-state index in [0.717, 1.165) is 35.9 Å². The van der Waals surface area contributed by atoms with E-state index in [2.05, 4.69) is 5.32 Å². The third-order valence-corrected chi connectivity index (χ3v) is 7.61. The molecule has 10 nitrogen and oxygen atoms in total. The zero-order valence-corrected chi connectivity index (χ0v) is 18.4. The van der Waals surface area contributed by atoms with Crippen LogP contribution in [0.2, 0.25) is 0 Å². The Morgan fingerprint density at radius 3 is 2.55 bits per heavy atom. The summed E-state index contributed by atoms with van der Waals surface area (Å²) in [6.45, 7) is 0.409. The van der Waals surface area contributed by atoms with Crippen LogP contribution in [0.3, 0.4) is 0 Å². The second kappa shape index (κ2) is 10.2. The maximum absolute atomic E-state index is 12.8. The molecular formula is C19H23N3O7S2. The highest BCUT2D eigenvalue weighted by Gasteiger charge is 2.29. The number of imide groups is 1. The number of ether oxygens (including phenoxy) is 1. The monoisotopic (exact) mass is 469 g/mol. The topological polar surface area (TPSA) is 130 Å². The minimum absolute atomic E-state index is 0.00567. The summed E-state index contributed by atoms with van der Waals surface area (Å²) in [6, 6.07) is 5.53. The number of esters is 1. The lowest BCUT2D eigenvalue weighted by Crippen LogP contribution is -2.38. The molecule has 0 radical (unpaired) electrons. The molecule has 3 rings (SSSR count). The first kappa shape index (κ1) is 23.2. The predicted molar refractivity (Wildman–Crippen MR) is 112 cm³/mol. The lowest BCUT2D eigenvalue weighted by Gasteiger charge is -2.25. The molecule has 12 heteroatoms. The number of hydrogen-bond acceptors (Lipinski definition) is 8. The van der Waals surface area contributed by atoms with Gasteiger partial charge in [0.05, 0.1) is 16.2 Å². The van der Waals surface area contributed by atoms with Gasteiger partial charge in [0.2, 0.25) is 15.9 Å². The van der Waals surface area contributed by atoms with Crippen molar-refractivity contribution in [3.63, 3.8) is 0 Å². The van der Waals surface area contributed by atoms with E-state index >= 15 is 0 Å². The van der Waals surface area contributed by atoms with E-state index in [0.29, 0.717) is 13.1 Å². The van der Waals surface area contributed by atoms with Crippen molar-refractivity contribution in [3.8, 4) is 0 Å². The van der Waals surface area contributed by atoms with E-state index in [1.807, 2.05) is 0 Å². The summed E-state index contributed by atoms with van der Waals surface area (Å²) in [6.07, 6.45) is 2.59. The fourth-order valence-electron chi connectivity index (χ4n) is 3.21. The first-order valence-corrected chi connectivity index (χ1v) is 12.2. The molecule has 2 heterocycles. The number of rotatable bonds is 8. The minimum Gasteiger partial charge on any atom is -0.452 e. The zero-order chi connectivity index (χ0) is 22.4.